The van der Waals surface area contributed by atoms with E-state index in [4.69, 9.17) is 4.74 Å². The Hall–Kier alpha value is -0.670. The Morgan fingerprint density at radius 2 is 1.96 bits per heavy atom. The number of ketones is 1. The molecule has 4 fully saturated rings. The second kappa shape index (κ2) is 4.59. The van der Waals surface area contributed by atoms with Crippen molar-refractivity contribution in [3.8, 4) is 0 Å². The third-order valence-corrected chi connectivity index (χ3v) is 9.46. The fraction of sp³-hybridized carbons (Fsp3) is 0.864. The van der Waals surface area contributed by atoms with Gasteiger partial charge in [0.1, 0.15) is 5.60 Å². The van der Waals surface area contributed by atoms with Crippen molar-refractivity contribution in [2.45, 2.75) is 89.9 Å². The van der Waals surface area contributed by atoms with Gasteiger partial charge in [-0.05, 0) is 82.0 Å². The van der Waals surface area contributed by atoms with E-state index in [1.165, 1.54) is 12.0 Å². The molecular formula is C22H32O3. The molecule has 0 aromatic rings. The van der Waals surface area contributed by atoms with Crippen molar-refractivity contribution < 1.29 is 14.6 Å². The molecule has 3 saturated carbocycles. The van der Waals surface area contributed by atoms with E-state index in [1.54, 1.807) is 6.92 Å². The SMILES string of the molecule is CC(=O)[C@@]12O[C@]1(C)C[C@@H]1[C@@H]3CC=C4C[C@H](O)CC[C@]4(C)[C@@H]3CC[C@]12C. The standard InChI is InChI=1S/C22H32O3/c1-13(23)22-20(3)10-8-17-16(18(20)12-21(22,4)25-22)6-5-14-11-15(24)7-9-19(14,17)2/h5,15-18,24H,6-12H2,1-4H3/t15-,16-,17-,18-,19+,20-,21-,22+/m1/s1. The predicted octanol–water partition coefficient (Wildman–Crippen LogP) is 4.04. The molecule has 5 aliphatic rings. The second-order valence-electron chi connectivity index (χ2n) is 10.4. The van der Waals surface area contributed by atoms with Crippen LogP contribution < -0.4 is 0 Å². The van der Waals surface area contributed by atoms with Gasteiger partial charge in [-0.1, -0.05) is 25.5 Å². The molecule has 0 bridgehead atoms. The number of aliphatic hydroxyl groups is 1. The number of ether oxygens (including phenoxy) is 1. The Bertz CT molecular complexity index is 683. The molecule has 5 rings (SSSR count). The van der Waals surface area contributed by atoms with Crippen molar-refractivity contribution in [3.05, 3.63) is 11.6 Å². The van der Waals surface area contributed by atoms with Crippen molar-refractivity contribution in [2.75, 3.05) is 0 Å². The quantitative estimate of drug-likeness (QED) is 0.577. The number of rotatable bonds is 1. The summed E-state index contributed by atoms with van der Waals surface area (Å²) in [5, 5.41) is 10.1. The first kappa shape index (κ1) is 16.5. The molecule has 0 aromatic carbocycles. The van der Waals surface area contributed by atoms with Gasteiger partial charge in [0.15, 0.2) is 11.4 Å². The van der Waals surface area contributed by atoms with Crippen LogP contribution in [0.25, 0.3) is 0 Å². The molecule has 8 atom stereocenters. The van der Waals surface area contributed by atoms with Crippen LogP contribution in [0.1, 0.15) is 72.6 Å². The maximum Gasteiger partial charge on any atom is 0.165 e. The van der Waals surface area contributed by atoms with Crippen LogP contribution >= 0.6 is 0 Å². The lowest BCUT2D eigenvalue weighted by atomic mass is 9.47. The zero-order valence-electron chi connectivity index (χ0n) is 16.1. The minimum atomic E-state index is -0.511. The van der Waals surface area contributed by atoms with E-state index in [0.717, 1.165) is 38.5 Å². The highest BCUT2D eigenvalue weighted by atomic mass is 16.6. The summed E-state index contributed by atoms with van der Waals surface area (Å²) in [4.78, 5) is 12.6. The number of allylic oxidation sites excluding steroid dienone is 1. The topological polar surface area (TPSA) is 49.8 Å². The number of Topliss-reactive ketones (excluding diaryl/α,β-unsaturated/α-hetero) is 1. The predicted molar refractivity (Wildman–Crippen MR) is 96.0 cm³/mol. The minimum Gasteiger partial charge on any atom is -0.393 e. The lowest BCUT2D eigenvalue weighted by Gasteiger charge is -2.58. The number of hydrogen-bond donors (Lipinski definition) is 1. The van der Waals surface area contributed by atoms with Crippen molar-refractivity contribution in [1.29, 1.82) is 0 Å². The van der Waals surface area contributed by atoms with Crippen molar-refractivity contribution in [2.24, 2.45) is 28.6 Å². The lowest BCUT2D eigenvalue weighted by molar-refractivity contribution is -0.135. The van der Waals surface area contributed by atoms with Crippen LogP contribution in [-0.4, -0.2) is 28.2 Å². The Kier molecular flexibility index (Phi) is 3.03. The monoisotopic (exact) mass is 344 g/mol. The van der Waals surface area contributed by atoms with Crippen LogP contribution in [0.5, 0.6) is 0 Å². The Balaban J connectivity index is 1.53. The van der Waals surface area contributed by atoms with Crippen LogP contribution in [0.2, 0.25) is 0 Å². The van der Waals surface area contributed by atoms with Crippen LogP contribution in [0.15, 0.2) is 11.6 Å². The third-order valence-electron chi connectivity index (χ3n) is 9.46. The highest BCUT2D eigenvalue weighted by Crippen LogP contribution is 2.77. The summed E-state index contributed by atoms with van der Waals surface area (Å²) in [7, 11) is 0. The van der Waals surface area contributed by atoms with E-state index in [-0.39, 0.29) is 28.3 Å². The van der Waals surface area contributed by atoms with Gasteiger partial charge < -0.3 is 9.84 Å². The number of hydrogen-bond acceptors (Lipinski definition) is 3. The largest absolute Gasteiger partial charge is 0.393 e. The number of fused-ring (bicyclic) bond motifs is 7. The van der Waals surface area contributed by atoms with E-state index in [2.05, 4.69) is 26.8 Å². The Morgan fingerprint density at radius 3 is 2.68 bits per heavy atom. The van der Waals surface area contributed by atoms with Crippen LogP contribution in [0, 0.1) is 28.6 Å². The van der Waals surface area contributed by atoms with Crippen molar-refractivity contribution >= 4 is 5.78 Å². The zero-order valence-corrected chi connectivity index (χ0v) is 16.1. The maximum absolute atomic E-state index is 12.6. The smallest absolute Gasteiger partial charge is 0.165 e. The Morgan fingerprint density at radius 1 is 1.20 bits per heavy atom. The average molecular weight is 344 g/mol. The highest BCUT2D eigenvalue weighted by molar-refractivity contribution is 5.91. The molecule has 3 heteroatoms. The molecule has 138 valence electrons. The van der Waals surface area contributed by atoms with Gasteiger partial charge in [-0.3, -0.25) is 4.79 Å². The summed E-state index contributed by atoms with van der Waals surface area (Å²) < 4.78 is 6.19. The number of carbonyl (C=O) groups excluding carboxylic acids is 1. The molecule has 0 radical (unpaired) electrons. The van der Waals surface area contributed by atoms with Gasteiger partial charge >= 0.3 is 0 Å². The summed E-state index contributed by atoms with van der Waals surface area (Å²) in [6.07, 6.45) is 9.75. The van der Waals surface area contributed by atoms with Gasteiger partial charge in [0.05, 0.1) is 6.10 Å². The molecule has 4 aliphatic carbocycles. The third kappa shape index (κ3) is 1.69. The lowest BCUT2D eigenvalue weighted by Crippen LogP contribution is -2.54. The maximum atomic E-state index is 12.6. The van der Waals surface area contributed by atoms with Crippen molar-refractivity contribution in [1.82, 2.24) is 0 Å². The summed E-state index contributed by atoms with van der Waals surface area (Å²) in [6, 6.07) is 0. The fourth-order valence-corrected chi connectivity index (χ4v) is 8.26. The summed E-state index contributed by atoms with van der Waals surface area (Å²) >= 11 is 0. The van der Waals surface area contributed by atoms with Gasteiger partial charge in [0.25, 0.3) is 0 Å². The molecule has 0 unspecified atom stereocenters. The van der Waals surface area contributed by atoms with E-state index >= 15 is 0 Å². The fourth-order valence-electron chi connectivity index (χ4n) is 8.26. The molecule has 3 nitrogen and oxygen atoms in total. The van der Waals surface area contributed by atoms with E-state index in [1.807, 2.05) is 0 Å². The van der Waals surface area contributed by atoms with Crippen molar-refractivity contribution in [3.63, 3.8) is 0 Å². The van der Waals surface area contributed by atoms with E-state index < -0.39 is 5.60 Å². The van der Waals surface area contributed by atoms with Gasteiger partial charge in [0.2, 0.25) is 0 Å². The average Bonchev–Trinajstić information content (AvgIpc) is 3.13. The molecule has 0 aromatic heterocycles. The molecule has 1 aliphatic heterocycles. The summed E-state index contributed by atoms with van der Waals surface area (Å²) in [5.41, 5.74) is 1.05. The van der Waals surface area contributed by atoms with Gasteiger partial charge in [-0.15, -0.1) is 0 Å². The highest BCUT2D eigenvalue weighted by Gasteiger charge is 2.85. The number of aliphatic hydroxyl groups excluding tert-OH is 1. The molecule has 25 heavy (non-hydrogen) atoms. The second-order valence-corrected chi connectivity index (χ2v) is 10.4. The van der Waals surface area contributed by atoms with Gasteiger partial charge in [-0.2, -0.15) is 0 Å². The number of carbonyl (C=O) groups is 1. The first-order chi connectivity index (χ1) is 11.7. The van der Waals surface area contributed by atoms with E-state index in [0.29, 0.717) is 17.8 Å². The van der Waals surface area contributed by atoms with Crippen LogP contribution in [-0.2, 0) is 9.53 Å². The summed E-state index contributed by atoms with van der Waals surface area (Å²) in [6.45, 7) is 8.72. The van der Waals surface area contributed by atoms with Crippen LogP contribution in [0.3, 0.4) is 0 Å². The van der Waals surface area contributed by atoms with Gasteiger partial charge in [-0.25, -0.2) is 0 Å². The zero-order chi connectivity index (χ0) is 17.8. The van der Waals surface area contributed by atoms with Gasteiger partial charge in [0, 0.05) is 5.41 Å². The minimum absolute atomic E-state index is 0.00460. The molecule has 1 N–H and O–H groups in total. The van der Waals surface area contributed by atoms with Crippen LogP contribution in [0.4, 0.5) is 0 Å². The molecule has 0 spiro atoms. The molecule has 1 heterocycles. The first-order valence-corrected chi connectivity index (χ1v) is 10.3. The van der Waals surface area contributed by atoms with E-state index in [9.17, 15) is 9.90 Å². The Labute approximate surface area is 151 Å². The molecule has 0 amide bonds. The summed E-state index contributed by atoms with van der Waals surface area (Å²) in [5.74, 6) is 2.23. The molecule has 1 saturated heterocycles. The first-order valence-electron chi connectivity index (χ1n) is 10.3. The normalized spacial score (nSPS) is 59.2. The molecular weight excluding hydrogens is 312 g/mol. The number of epoxide rings is 1.